The summed E-state index contributed by atoms with van der Waals surface area (Å²) in [5.41, 5.74) is 1.57. The van der Waals surface area contributed by atoms with Gasteiger partial charge in [-0.3, -0.25) is 4.79 Å². The molecular weight excluding hydrogens is 605 g/mol. The summed E-state index contributed by atoms with van der Waals surface area (Å²) < 4.78 is 51.1. The summed E-state index contributed by atoms with van der Waals surface area (Å²) in [4.78, 5) is 29.8. The fourth-order valence-electron chi connectivity index (χ4n) is 4.31. The van der Waals surface area contributed by atoms with Gasteiger partial charge in [0.15, 0.2) is 11.5 Å². The number of benzene rings is 4. The molecule has 0 spiro atoms. The minimum absolute atomic E-state index is 0.0260. The molecule has 0 aliphatic heterocycles. The van der Waals surface area contributed by atoms with Gasteiger partial charge < -0.3 is 19.6 Å². The largest absolute Gasteiger partial charge is 0.489 e. The van der Waals surface area contributed by atoms with E-state index in [-0.39, 0.29) is 28.7 Å². The molecule has 0 saturated heterocycles. The lowest BCUT2D eigenvalue weighted by Crippen LogP contribution is -2.42. The van der Waals surface area contributed by atoms with Crippen molar-refractivity contribution in [2.24, 2.45) is 0 Å². The first kappa shape index (κ1) is 31.4. The van der Waals surface area contributed by atoms with Gasteiger partial charge in [-0.05, 0) is 59.7 Å². The van der Waals surface area contributed by atoms with E-state index in [2.05, 4.69) is 10.3 Å². The number of oxazole rings is 1. The summed E-state index contributed by atoms with van der Waals surface area (Å²) >= 11 is 1.35. The zero-order valence-corrected chi connectivity index (χ0v) is 24.5. The molecule has 0 aliphatic carbocycles. The summed E-state index contributed by atoms with van der Waals surface area (Å²) in [5, 5.41) is 12.3. The van der Waals surface area contributed by atoms with Crippen LogP contribution in [0, 0.1) is 0 Å². The summed E-state index contributed by atoms with van der Waals surface area (Å²) in [5.74, 6) is -0.913. The van der Waals surface area contributed by atoms with Crippen LogP contribution in [-0.2, 0) is 23.3 Å². The number of aliphatic carboxylic acids is 1. The molecule has 0 saturated carbocycles. The van der Waals surface area contributed by atoms with E-state index in [1.165, 1.54) is 23.9 Å². The van der Waals surface area contributed by atoms with E-state index in [4.69, 9.17) is 9.15 Å². The number of carboxylic acid groups (broad SMARTS) is 1. The topological polar surface area (TPSA) is 102 Å². The molecule has 1 heterocycles. The molecule has 11 heteroatoms. The molecule has 5 rings (SSSR count). The highest BCUT2D eigenvalue weighted by Gasteiger charge is 2.31. The van der Waals surface area contributed by atoms with E-state index in [1.54, 1.807) is 24.3 Å². The number of amides is 1. The molecule has 1 aromatic heterocycles. The lowest BCUT2D eigenvalue weighted by Gasteiger charge is -2.14. The van der Waals surface area contributed by atoms with Gasteiger partial charge in [0.05, 0.1) is 5.56 Å². The second-order valence-corrected chi connectivity index (χ2v) is 11.0. The van der Waals surface area contributed by atoms with E-state index in [0.717, 1.165) is 23.3 Å². The Morgan fingerprint density at radius 1 is 0.844 bits per heavy atom. The van der Waals surface area contributed by atoms with Gasteiger partial charge in [0.2, 0.25) is 5.89 Å². The van der Waals surface area contributed by atoms with Crippen LogP contribution in [0.4, 0.5) is 13.2 Å². The Morgan fingerprint density at radius 2 is 1.44 bits per heavy atom. The number of nitrogens with one attached hydrogen (secondary N) is 1. The van der Waals surface area contributed by atoms with E-state index in [1.807, 2.05) is 60.7 Å². The second-order valence-electron chi connectivity index (χ2n) is 9.94. The molecule has 0 fully saturated rings. The number of thioether (sulfide) groups is 1. The minimum atomic E-state index is -4.53. The maximum absolute atomic E-state index is 13.5. The predicted molar refractivity (Wildman–Crippen MR) is 165 cm³/mol. The van der Waals surface area contributed by atoms with Gasteiger partial charge in [-0.25, -0.2) is 9.78 Å². The summed E-state index contributed by atoms with van der Waals surface area (Å²) in [6.07, 6.45) is -4.53. The van der Waals surface area contributed by atoms with Crippen molar-refractivity contribution in [1.29, 1.82) is 0 Å². The van der Waals surface area contributed by atoms with Gasteiger partial charge in [-0.15, -0.1) is 0 Å². The van der Waals surface area contributed by atoms with E-state index in [9.17, 15) is 27.9 Å². The lowest BCUT2D eigenvalue weighted by molar-refractivity contribution is -0.139. The highest BCUT2D eigenvalue weighted by Crippen LogP contribution is 2.34. The first-order valence-electron chi connectivity index (χ1n) is 13.8. The standard InChI is InChI=1S/C34H27F3N2O5S/c35-34(36,37)26-15-11-25(12-16-26)32-39-29(31(40)38-28(33(41)42)21-45-20-23-9-5-2-6-10-23)30(44-32)24-13-17-27(18-14-24)43-19-22-7-3-1-4-8-22/h1-18,28H,19-21H2,(H,38,40)(H,41,42). The number of carbonyl (C=O) groups excluding carboxylic acids is 1. The van der Waals surface area contributed by atoms with Gasteiger partial charge in [0, 0.05) is 22.6 Å². The monoisotopic (exact) mass is 632 g/mol. The molecule has 0 aliphatic rings. The molecule has 1 atom stereocenters. The maximum atomic E-state index is 13.5. The van der Waals surface area contributed by atoms with Gasteiger partial charge in [-0.2, -0.15) is 24.9 Å². The van der Waals surface area contributed by atoms with Crippen LogP contribution in [0.1, 0.15) is 27.2 Å². The molecular formula is C34H27F3N2O5S. The first-order chi connectivity index (χ1) is 21.7. The Labute approximate surface area is 261 Å². The Hall–Kier alpha value is -5.03. The highest BCUT2D eigenvalue weighted by atomic mass is 32.2. The maximum Gasteiger partial charge on any atom is 0.416 e. The zero-order chi connectivity index (χ0) is 31.8. The molecule has 1 unspecified atom stereocenters. The number of ether oxygens (including phenoxy) is 1. The fourth-order valence-corrected chi connectivity index (χ4v) is 5.32. The van der Waals surface area contributed by atoms with Crippen molar-refractivity contribution in [3.63, 3.8) is 0 Å². The zero-order valence-electron chi connectivity index (χ0n) is 23.7. The summed E-state index contributed by atoms with van der Waals surface area (Å²) in [6, 6.07) is 28.7. The number of hydrogen-bond donors (Lipinski definition) is 2. The third kappa shape index (κ3) is 8.33. The second kappa shape index (κ2) is 14.2. The Bertz CT molecular complexity index is 1730. The normalized spacial score (nSPS) is 12.0. The minimum Gasteiger partial charge on any atom is -0.489 e. The van der Waals surface area contributed by atoms with Crippen molar-refractivity contribution < 1.29 is 37.0 Å². The SMILES string of the molecule is O=C(NC(CSCc1ccccc1)C(=O)O)c1nc(-c2ccc(C(F)(F)F)cc2)oc1-c1ccc(OCc2ccccc2)cc1. The smallest absolute Gasteiger partial charge is 0.416 e. The van der Waals surface area contributed by atoms with E-state index in [0.29, 0.717) is 23.7 Å². The van der Waals surface area contributed by atoms with Gasteiger partial charge in [-0.1, -0.05) is 60.7 Å². The van der Waals surface area contributed by atoms with Crippen LogP contribution in [-0.4, -0.2) is 33.8 Å². The lowest BCUT2D eigenvalue weighted by atomic mass is 10.1. The number of hydrogen-bond acceptors (Lipinski definition) is 6. The van der Waals surface area contributed by atoms with Gasteiger partial charge in [0.25, 0.3) is 5.91 Å². The van der Waals surface area contributed by atoms with Crippen molar-refractivity contribution in [2.75, 3.05) is 5.75 Å². The Balaban J connectivity index is 1.39. The fraction of sp³-hybridized carbons (Fsp3) is 0.147. The van der Waals surface area contributed by atoms with Crippen LogP contribution < -0.4 is 10.1 Å². The molecule has 2 N–H and O–H groups in total. The number of nitrogens with zero attached hydrogens (tertiary/aromatic N) is 1. The molecule has 1 amide bonds. The molecule has 230 valence electrons. The van der Waals surface area contributed by atoms with Crippen LogP contribution in [0.3, 0.4) is 0 Å². The number of rotatable bonds is 12. The van der Waals surface area contributed by atoms with Gasteiger partial charge >= 0.3 is 12.1 Å². The summed E-state index contributed by atoms with van der Waals surface area (Å²) in [7, 11) is 0. The number of aromatic nitrogens is 1. The number of alkyl halides is 3. The van der Waals surface area contributed by atoms with Crippen molar-refractivity contribution in [2.45, 2.75) is 24.6 Å². The quantitative estimate of drug-likeness (QED) is 0.145. The number of carbonyl (C=O) groups is 2. The van der Waals surface area contributed by atoms with Crippen molar-refractivity contribution in [1.82, 2.24) is 10.3 Å². The average molecular weight is 633 g/mol. The van der Waals surface area contributed by atoms with Crippen molar-refractivity contribution in [3.8, 4) is 28.5 Å². The van der Waals surface area contributed by atoms with E-state index < -0.39 is 29.7 Å². The molecule has 7 nitrogen and oxygen atoms in total. The highest BCUT2D eigenvalue weighted by molar-refractivity contribution is 7.98. The Morgan fingerprint density at radius 3 is 2.04 bits per heavy atom. The number of halogens is 3. The van der Waals surface area contributed by atoms with E-state index >= 15 is 0 Å². The predicted octanol–water partition coefficient (Wildman–Crippen LogP) is 7.72. The number of carboxylic acids is 1. The van der Waals surface area contributed by atoms with Crippen molar-refractivity contribution in [3.05, 3.63) is 132 Å². The van der Waals surface area contributed by atoms with Crippen molar-refractivity contribution >= 4 is 23.6 Å². The molecule has 4 aromatic carbocycles. The third-order valence-electron chi connectivity index (χ3n) is 6.67. The van der Waals surface area contributed by atoms with Crippen LogP contribution in [0.5, 0.6) is 5.75 Å². The third-order valence-corrected chi connectivity index (χ3v) is 7.77. The average Bonchev–Trinajstić information content (AvgIpc) is 3.50. The molecule has 0 radical (unpaired) electrons. The first-order valence-corrected chi connectivity index (χ1v) is 14.9. The molecule has 0 bridgehead atoms. The molecule has 5 aromatic rings. The molecule has 45 heavy (non-hydrogen) atoms. The van der Waals surface area contributed by atoms with Crippen LogP contribution in [0.2, 0.25) is 0 Å². The Kier molecular flexibility index (Phi) is 9.89. The van der Waals surface area contributed by atoms with Crippen LogP contribution in [0.15, 0.2) is 114 Å². The summed E-state index contributed by atoms with van der Waals surface area (Å²) in [6.45, 7) is 0.340. The van der Waals surface area contributed by atoms with Crippen LogP contribution in [0.25, 0.3) is 22.8 Å². The van der Waals surface area contributed by atoms with Gasteiger partial charge in [0.1, 0.15) is 18.4 Å². The van der Waals surface area contributed by atoms with Crippen LogP contribution >= 0.6 is 11.8 Å².